The van der Waals surface area contributed by atoms with E-state index in [2.05, 4.69) is 0 Å². The number of carbonyl (C=O) groups excluding carboxylic acids is 1. The van der Waals surface area contributed by atoms with Crippen LogP contribution < -0.4 is 0 Å². The molecular formula is C14H17ClF3NO. The maximum absolute atomic E-state index is 12.6. The third-order valence-corrected chi connectivity index (χ3v) is 3.21. The first-order valence-electron chi connectivity index (χ1n) is 6.34. The van der Waals surface area contributed by atoms with E-state index in [1.54, 1.807) is 6.92 Å². The van der Waals surface area contributed by atoms with Crippen molar-refractivity contribution in [3.05, 3.63) is 35.9 Å². The molecule has 0 saturated heterocycles. The molecule has 0 aliphatic rings. The lowest BCUT2D eigenvalue weighted by Crippen LogP contribution is -2.47. The minimum absolute atomic E-state index is 0.00977. The second-order valence-electron chi connectivity index (χ2n) is 4.58. The number of benzene rings is 1. The molecule has 0 aliphatic carbocycles. The van der Waals surface area contributed by atoms with E-state index in [-0.39, 0.29) is 12.4 Å². The van der Waals surface area contributed by atoms with Crippen molar-refractivity contribution in [2.75, 3.05) is 12.4 Å². The molecule has 0 fully saturated rings. The van der Waals surface area contributed by atoms with E-state index in [0.717, 1.165) is 10.5 Å². The Labute approximate surface area is 121 Å². The fourth-order valence-electron chi connectivity index (χ4n) is 1.98. The molecule has 0 aromatic heterocycles. The highest BCUT2D eigenvalue weighted by Gasteiger charge is 2.43. The van der Waals surface area contributed by atoms with Gasteiger partial charge in [-0.15, -0.1) is 11.6 Å². The van der Waals surface area contributed by atoms with Gasteiger partial charge in [-0.1, -0.05) is 30.3 Å². The van der Waals surface area contributed by atoms with Crippen LogP contribution in [0, 0.1) is 0 Å². The minimum Gasteiger partial charge on any atom is -0.332 e. The van der Waals surface area contributed by atoms with Crippen molar-refractivity contribution in [3.63, 3.8) is 0 Å². The van der Waals surface area contributed by atoms with Gasteiger partial charge in [0, 0.05) is 18.5 Å². The van der Waals surface area contributed by atoms with Crippen molar-refractivity contribution in [1.29, 1.82) is 0 Å². The van der Waals surface area contributed by atoms with Crippen LogP contribution in [0.15, 0.2) is 30.3 Å². The number of nitrogens with zero attached hydrogens (tertiary/aromatic N) is 1. The highest BCUT2D eigenvalue weighted by atomic mass is 35.5. The number of hydrogen-bond acceptors (Lipinski definition) is 1. The van der Waals surface area contributed by atoms with E-state index in [1.807, 2.05) is 30.3 Å². The summed E-state index contributed by atoms with van der Waals surface area (Å²) < 4.78 is 37.8. The molecule has 1 amide bonds. The van der Waals surface area contributed by atoms with Gasteiger partial charge in [-0.2, -0.15) is 13.2 Å². The standard InChI is InChI=1S/C14H17ClF3NO/c1-11(10-12-6-3-2-4-7-12)19(9-5-8-15)13(20)14(16,17)18/h2-4,6-7,11H,5,8-10H2,1H3. The lowest BCUT2D eigenvalue weighted by Gasteiger charge is -2.30. The third-order valence-electron chi connectivity index (χ3n) is 2.94. The molecular weight excluding hydrogens is 291 g/mol. The van der Waals surface area contributed by atoms with Crippen molar-refractivity contribution >= 4 is 17.5 Å². The lowest BCUT2D eigenvalue weighted by molar-refractivity contribution is -0.187. The van der Waals surface area contributed by atoms with Crippen LogP contribution in [-0.4, -0.2) is 35.4 Å². The Morgan fingerprint density at radius 2 is 1.90 bits per heavy atom. The quantitative estimate of drug-likeness (QED) is 0.735. The minimum atomic E-state index is -4.85. The highest BCUT2D eigenvalue weighted by Crippen LogP contribution is 2.21. The maximum atomic E-state index is 12.6. The highest BCUT2D eigenvalue weighted by molar-refractivity contribution is 6.17. The molecule has 2 nitrogen and oxygen atoms in total. The molecule has 0 N–H and O–H groups in total. The van der Waals surface area contributed by atoms with E-state index in [4.69, 9.17) is 11.6 Å². The fourth-order valence-corrected chi connectivity index (χ4v) is 2.10. The van der Waals surface area contributed by atoms with Gasteiger partial charge in [-0.05, 0) is 25.3 Å². The summed E-state index contributed by atoms with van der Waals surface area (Å²) in [5.41, 5.74) is 0.894. The first-order chi connectivity index (χ1) is 9.36. The molecule has 0 aliphatic heterocycles. The average Bonchev–Trinajstić information content (AvgIpc) is 2.39. The van der Waals surface area contributed by atoms with Gasteiger partial charge in [0.1, 0.15) is 0 Å². The van der Waals surface area contributed by atoms with E-state index >= 15 is 0 Å². The Hall–Kier alpha value is -1.23. The van der Waals surface area contributed by atoms with Crippen LogP contribution in [0.3, 0.4) is 0 Å². The molecule has 1 aromatic rings. The molecule has 0 bridgehead atoms. The maximum Gasteiger partial charge on any atom is 0.471 e. The molecule has 0 spiro atoms. The predicted octanol–water partition coefficient (Wildman–Crippen LogP) is 3.64. The summed E-state index contributed by atoms with van der Waals surface area (Å²) in [5.74, 6) is -1.58. The van der Waals surface area contributed by atoms with Crippen molar-refractivity contribution in [3.8, 4) is 0 Å². The Morgan fingerprint density at radius 3 is 2.40 bits per heavy atom. The van der Waals surface area contributed by atoms with Gasteiger partial charge in [-0.25, -0.2) is 0 Å². The molecule has 1 atom stereocenters. The van der Waals surface area contributed by atoms with E-state index in [0.29, 0.717) is 12.8 Å². The third kappa shape index (κ3) is 5.04. The monoisotopic (exact) mass is 307 g/mol. The van der Waals surface area contributed by atoms with Crippen molar-refractivity contribution in [2.24, 2.45) is 0 Å². The first-order valence-corrected chi connectivity index (χ1v) is 6.87. The van der Waals surface area contributed by atoms with Crippen molar-refractivity contribution in [1.82, 2.24) is 4.90 Å². The first kappa shape index (κ1) is 16.8. The topological polar surface area (TPSA) is 20.3 Å². The molecule has 1 aromatic carbocycles. The van der Waals surface area contributed by atoms with Gasteiger partial charge in [0.2, 0.25) is 0 Å². The van der Waals surface area contributed by atoms with Gasteiger partial charge in [0.15, 0.2) is 0 Å². The Bertz CT molecular complexity index is 422. The summed E-state index contributed by atoms with van der Waals surface area (Å²) in [6, 6.07) is 8.59. The van der Waals surface area contributed by atoms with Gasteiger partial charge < -0.3 is 4.90 Å². The molecule has 1 unspecified atom stereocenters. The van der Waals surface area contributed by atoms with Gasteiger partial charge >= 0.3 is 12.1 Å². The number of amides is 1. The zero-order valence-corrected chi connectivity index (χ0v) is 11.9. The molecule has 1 rings (SSSR count). The Balaban J connectivity index is 2.79. The van der Waals surface area contributed by atoms with Gasteiger partial charge in [0.25, 0.3) is 0 Å². The van der Waals surface area contributed by atoms with Crippen LogP contribution >= 0.6 is 11.6 Å². The van der Waals surface area contributed by atoms with E-state index in [9.17, 15) is 18.0 Å². The Kier molecular flexibility index (Phi) is 6.33. The summed E-state index contributed by atoms with van der Waals surface area (Å²) in [6.07, 6.45) is -4.13. The number of halogens is 4. The average molecular weight is 308 g/mol. The summed E-state index contributed by atoms with van der Waals surface area (Å²) >= 11 is 5.51. The van der Waals surface area contributed by atoms with Crippen LogP contribution in [0.5, 0.6) is 0 Å². The van der Waals surface area contributed by atoms with E-state index in [1.165, 1.54) is 0 Å². The fraction of sp³-hybridized carbons (Fsp3) is 0.500. The van der Waals surface area contributed by atoms with E-state index < -0.39 is 18.1 Å². The largest absolute Gasteiger partial charge is 0.471 e. The summed E-state index contributed by atoms with van der Waals surface area (Å²) in [4.78, 5) is 12.3. The molecule has 0 saturated carbocycles. The van der Waals surface area contributed by atoms with Gasteiger partial charge in [0.05, 0.1) is 0 Å². The lowest BCUT2D eigenvalue weighted by atomic mass is 10.1. The van der Waals surface area contributed by atoms with Crippen molar-refractivity contribution < 1.29 is 18.0 Å². The Morgan fingerprint density at radius 1 is 1.30 bits per heavy atom. The summed E-state index contributed by atoms with van der Waals surface area (Å²) in [5, 5.41) is 0. The van der Waals surface area contributed by atoms with Crippen LogP contribution in [0.2, 0.25) is 0 Å². The second-order valence-corrected chi connectivity index (χ2v) is 4.96. The van der Waals surface area contributed by atoms with Gasteiger partial charge in [-0.3, -0.25) is 4.79 Å². The summed E-state index contributed by atoms with van der Waals surface area (Å²) in [6.45, 7) is 1.63. The smallest absolute Gasteiger partial charge is 0.332 e. The van der Waals surface area contributed by atoms with Crippen LogP contribution in [-0.2, 0) is 11.2 Å². The zero-order chi connectivity index (χ0) is 15.2. The van der Waals surface area contributed by atoms with Crippen LogP contribution in [0.25, 0.3) is 0 Å². The zero-order valence-electron chi connectivity index (χ0n) is 11.2. The predicted molar refractivity (Wildman–Crippen MR) is 72.7 cm³/mol. The number of rotatable bonds is 6. The van der Waals surface area contributed by atoms with Crippen molar-refractivity contribution in [2.45, 2.75) is 32.0 Å². The second kappa shape index (κ2) is 7.53. The molecule has 112 valence electrons. The number of hydrogen-bond donors (Lipinski definition) is 0. The van der Waals surface area contributed by atoms with Crippen LogP contribution in [0.4, 0.5) is 13.2 Å². The molecule has 6 heteroatoms. The number of carbonyl (C=O) groups is 1. The normalized spacial score (nSPS) is 13.1. The SMILES string of the molecule is CC(Cc1ccccc1)N(CCCCl)C(=O)C(F)(F)F. The number of alkyl halides is 4. The molecule has 0 radical (unpaired) electrons. The summed E-state index contributed by atoms with van der Waals surface area (Å²) in [7, 11) is 0. The molecule has 0 heterocycles. The molecule has 20 heavy (non-hydrogen) atoms. The van der Waals surface area contributed by atoms with Crippen LogP contribution in [0.1, 0.15) is 18.9 Å².